The summed E-state index contributed by atoms with van der Waals surface area (Å²) in [6, 6.07) is 11.7. The minimum Gasteiger partial charge on any atom is -0.467 e. The van der Waals surface area contributed by atoms with Crippen LogP contribution in [-0.4, -0.2) is 11.7 Å². The van der Waals surface area contributed by atoms with E-state index in [-0.39, 0.29) is 5.91 Å². The van der Waals surface area contributed by atoms with Gasteiger partial charge in [-0.2, -0.15) is 0 Å². The highest BCUT2D eigenvalue weighted by Gasteiger charge is 2.05. The van der Waals surface area contributed by atoms with Crippen molar-refractivity contribution in [2.45, 2.75) is 18.4 Å². The number of amides is 1. The number of nitrogens with one attached hydrogen (secondary N) is 1. The molecule has 94 valence electrons. The van der Waals surface area contributed by atoms with E-state index in [9.17, 15) is 4.79 Å². The number of carbonyl (C=O) groups is 1. The normalized spacial score (nSPS) is 10.3. The molecule has 1 heterocycles. The lowest BCUT2D eigenvalue weighted by atomic mass is 10.2. The molecule has 1 N–H and O–H groups in total. The maximum atomic E-state index is 11.6. The third kappa shape index (κ3) is 3.67. The molecule has 0 saturated carbocycles. The number of aryl methyl sites for hydroxylation is 1. The molecule has 1 amide bonds. The summed E-state index contributed by atoms with van der Waals surface area (Å²) in [5, 5.41) is 2.82. The highest BCUT2D eigenvalue weighted by molar-refractivity contribution is 8.00. The molecule has 1 aromatic carbocycles. The van der Waals surface area contributed by atoms with Crippen molar-refractivity contribution in [3.8, 4) is 0 Å². The van der Waals surface area contributed by atoms with Crippen molar-refractivity contribution in [1.29, 1.82) is 0 Å². The lowest BCUT2D eigenvalue weighted by Gasteiger charge is -2.05. The van der Waals surface area contributed by atoms with Gasteiger partial charge in [0.05, 0.1) is 18.6 Å². The molecule has 0 saturated heterocycles. The van der Waals surface area contributed by atoms with Crippen LogP contribution < -0.4 is 5.32 Å². The molecule has 0 aliphatic carbocycles. The van der Waals surface area contributed by atoms with Crippen molar-refractivity contribution in [2.75, 3.05) is 5.75 Å². The van der Waals surface area contributed by atoms with E-state index in [0.29, 0.717) is 12.3 Å². The fourth-order valence-electron chi connectivity index (χ4n) is 1.51. The summed E-state index contributed by atoms with van der Waals surface area (Å²) in [7, 11) is 0. The van der Waals surface area contributed by atoms with Crippen molar-refractivity contribution in [3.63, 3.8) is 0 Å². The number of hydrogen-bond acceptors (Lipinski definition) is 3. The average Bonchev–Trinajstić information content (AvgIpc) is 2.88. The Labute approximate surface area is 111 Å². The molecule has 2 aromatic rings. The minimum atomic E-state index is 0.0136. The molecule has 0 fully saturated rings. The topological polar surface area (TPSA) is 42.2 Å². The van der Waals surface area contributed by atoms with Gasteiger partial charge in [0.1, 0.15) is 5.76 Å². The Hall–Kier alpha value is -1.68. The second-order valence-electron chi connectivity index (χ2n) is 3.91. The molecule has 0 unspecified atom stereocenters. The summed E-state index contributed by atoms with van der Waals surface area (Å²) >= 11 is 1.55. The van der Waals surface area contributed by atoms with E-state index in [0.717, 1.165) is 10.7 Å². The van der Waals surface area contributed by atoms with Gasteiger partial charge in [0.15, 0.2) is 0 Å². The van der Waals surface area contributed by atoms with Crippen molar-refractivity contribution in [2.24, 2.45) is 0 Å². The Morgan fingerprint density at radius 1 is 1.28 bits per heavy atom. The number of hydrogen-bond donors (Lipinski definition) is 1. The fraction of sp³-hybridized carbons (Fsp3) is 0.214. The van der Waals surface area contributed by atoms with Crippen molar-refractivity contribution < 1.29 is 9.21 Å². The van der Waals surface area contributed by atoms with Gasteiger partial charge in [-0.3, -0.25) is 4.79 Å². The summed E-state index contributed by atoms with van der Waals surface area (Å²) in [5.41, 5.74) is 1.20. The maximum absolute atomic E-state index is 11.6. The van der Waals surface area contributed by atoms with E-state index in [1.54, 1.807) is 18.0 Å². The molecule has 18 heavy (non-hydrogen) atoms. The number of thioether (sulfide) groups is 1. The fourth-order valence-corrected chi connectivity index (χ4v) is 2.37. The van der Waals surface area contributed by atoms with Crippen LogP contribution in [0, 0.1) is 6.92 Å². The maximum Gasteiger partial charge on any atom is 0.230 e. The van der Waals surface area contributed by atoms with Gasteiger partial charge in [-0.15, -0.1) is 11.8 Å². The van der Waals surface area contributed by atoms with Crippen LogP contribution in [0.5, 0.6) is 0 Å². The third-order valence-corrected chi connectivity index (χ3v) is 3.67. The van der Waals surface area contributed by atoms with E-state index in [4.69, 9.17) is 4.42 Å². The van der Waals surface area contributed by atoms with Crippen LogP contribution in [0.3, 0.4) is 0 Å². The van der Waals surface area contributed by atoms with Gasteiger partial charge in [0, 0.05) is 4.90 Å². The number of carbonyl (C=O) groups excluding carboxylic acids is 1. The van der Waals surface area contributed by atoms with Gasteiger partial charge in [-0.25, -0.2) is 0 Å². The summed E-state index contributed by atoms with van der Waals surface area (Å²) in [6.45, 7) is 2.49. The average molecular weight is 261 g/mol. The lowest BCUT2D eigenvalue weighted by molar-refractivity contribution is -0.118. The first-order chi connectivity index (χ1) is 8.75. The van der Waals surface area contributed by atoms with E-state index in [1.165, 1.54) is 5.56 Å². The Morgan fingerprint density at radius 2 is 2.11 bits per heavy atom. The van der Waals surface area contributed by atoms with Crippen LogP contribution in [-0.2, 0) is 11.3 Å². The monoisotopic (exact) mass is 261 g/mol. The summed E-state index contributed by atoms with van der Waals surface area (Å²) in [5.74, 6) is 1.20. The molecule has 1 aromatic heterocycles. The molecular formula is C14H15NO2S. The number of benzene rings is 1. The van der Waals surface area contributed by atoms with Gasteiger partial charge in [-0.05, 0) is 30.7 Å². The third-order valence-electron chi connectivity index (χ3n) is 2.49. The smallest absolute Gasteiger partial charge is 0.230 e. The van der Waals surface area contributed by atoms with E-state index in [1.807, 2.05) is 43.3 Å². The first-order valence-electron chi connectivity index (χ1n) is 5.73. The van der Waals surface area contributed by atoms with Crippen molar-refractivity contribution in [3.05, 3.63) is 54.0 Å². The predicted molar refractivity (Wildman–Crippen MR) is 72.5 cm³/mol. The molecule has 0 aliphatic rings. The van der Waals surface area contributed by atoms with Gasteiger partial charge in [0.2, 0.25) is 5.91 Å². The van der Waals surface area contributed by atoms with E-state index >= 15 is 0 Å². The molecule has 3 nitrogen and oxygen atoms in total. The highest BCUT2D eigenvalue weighted by Crippen LogP contribution is 2.21. The Balaban J connectivity index is 1.77. The molecule has 4 heteroatoms. The number of rotatable bonds is 5. The summed E-state index contributed by atoms with van der Waals surface area (Å²) < 4.78 is 5.14. The molecule has 0 spiro atoms. The van der Waals surface area contributed by atoms with Crippen LogP contribution in [0.25, 0.3) is 0 Å². The second kappa shape index (κ2) is 6.31. The zero-order valence-corrected chi connectivity index (χ0v) is 11.0. The molecule has 0 atom stereocenters. The van der Waals surface area contributed by atoms with E-state index in [2.05, 4.69) is 5.32 Å². The molecular weight excluding hydrogens is 246 g/mol. The largest absolute Gasteiger partial charge is 0.467 e. The highest BCUT2D eigenvalue weighted by atomic mass is 32.2. The van der Waals surface area contributed by atoms with Crippen LogP contribution >= 0.6 is 11.8 Å². The quantitative estimate of drug-likeness (QED) is 0.841. The van der Waals surface area contributed by atoms with Gasteiger partial charge < -0.3 is 9.73 Å². The van der Waals surface area contributed by atoms with Crippen LogP contribution in [0.4, 0.5) is 0 Å². The molecule has 0 aliphatic heterocycles. The predicted octanol–water partition coefficient (Wildman–Crippen LogP) is 3.00. The van der Waals surface area contributed by atoms with Gasteiger partial charge in [0.25, 0.3) is 0 Å². The number of furan rings is 1. The standard InChI is InChI=1S/C14H15NO2S/c1-11-5-2-3-7-13(11)18-10-14(16)15-9-12-6-4-8-17-12/h2-8H,9-10H2,1H3,(H,15,16). The Kier molecular flexibility index (Phi) is 4.47. The van der Waals surface area contributed by atoms with Gasteiger partial charge in [-0.1, -0.05) is 18.2 Å². The summed E-state index contributed by atoms with van der Waals surface area (Å²) in [6.07, 6.45) is 1.60. The zero-order valence-electron chi connectivity index (χ0n) is 10.2. The first-order valence-corrected chi connectivity index (χ1v) is 6.72. The van der Waals surface area contributed by atoms with Crippen LogP contribution in [0.15, 0.2) is 52.0 Å². The van der Waals surface area contributed by atoms with E-state index < -0.39 is 0 Å². The first kappa shape index (κ1) is 12.8. The van der Waals surface area contributed by atoms with Crippen molar-refractivity contribution >= 4 is 17.7 Å². The second-order valence-corrected chi connectivity index (χ2v) is 4.93. The van der Waals surface area contributed by atoms with Crippen LogP contribution in [0.1, 0.15) is 11.3 Å². The summed E-state index contributed by atoms with van der Waals surface area (Å²) in [4.78, 5) is 12.8. The van der Waals surface area contributed by atoms with Gasteiger partial charge >= 0.3 is 0 Å². The Bertz CT molecular complexity index is 508. The molecule has 2 rings (SSSR count). The zero-order chi connectivity index (χ0) is 12.8. The Morgan fingerprint density at radius 3 is 2.83 bits per heavy atom. The van der Waals surface area contributed by atoms with Crippen LogP contribution in [0.2, 0.25) is 0 Å². The lowest BCUT2D eigenvalue weighted by Crippen LogP contribution is -2.24. The molecule has 0 radical (unpaired) electrons. The SMILES string of the molecule is Cc1ccccc1SCC(=O)NCc1ccco1. The minimum absolute atomic E-state index is 0.0136. The van der Waals surface area contributed by atoms with Crippen molar-refractivity contribution in [1.82, 2.24) is 5.32 Å². The molecule has 0 bridgehead atoms.